The Kier molecular flexibility index (Phi) is 8.88. The number of para-hydroxylation sites is 1. The number of carbonyl (C=O) groups is 2. The molecule has 41 heavy (non-hydrogen) atoms. The second-order valence-electron chi connectivity index (χ2n) is 10.2. The van der Waals surface area contributed by atoms with E-state index in [4.69, 9.17) is 9.26 Å². The molecule has 12 nitrogen and oxygen atoms in total. The third-order valence-electron chi connectivity index (χ3n) is 7.05. The minimum Gasteiger partial charge on any atom is -0.485 e. The first-order valence-electron chi connectivity index (χ1n) is 13.2. The van der Waals surface area contributed by atoms with Crippen LogP contribution in [0.1, 0.15) is 35.7 Å². The summed E-state index contributed by atoms with van der Waals surface area (Å²) < 4.78 is 40.5. The highest BCUT2D eigenvalue weighted by Gasteiger charge is 2.35. The Hall–Kier alpha value is -4.10. The summed E-state index contributed by atoms with van der Waals surface area (Å²) in [6.45, 7) is 7.09. The summed E-state index contributed by atoms with van der Waals surface area (Å²) in [5.74, 6) is -0.203. The minimum atomic E-state index is -4.01. The van der Waals surface area contributed by atoms with E-state index < -0.39 is 34.1 Å². The number of aryl methyl sites for hydroxylation is 2. The van der Waals surface area contributed by atoms with Gasteiger partial charge in [-0.2, -0.15) is 0 Å². The largest absolute Gasteiger partial charge is 0.485 e. The molecule has 2 aromatic carbocycles. The van der Waals surface area contributed by atoms with Crippen LogP contribution in [0.2, 0.25) is 0 Å². The van der Waals surface area contributed by atoms with Gasteiger partial charge in [-0.15, -0.1) is 0 Å². The Labute approximate surface area is 239 Å². The Balaban J connectivity index is 1.69. The number of urea groups is 1. The molecule has 220 valence electrons. The normalized spacial score (nSPS) is 18.0. The number of hydrogen-bond donors (Lipinski definition) is 3. The van der Waals surface area contributed by atoms with Crippen molar-refractivity contribution < 1.29 is 32.4 Å². The fourth-order valence-corrected chi connectivity index (χ4v) is 5.65. The Morgan fingerprint density at radius 1 is 1.20 bits per heavy atom. The predicted molar refractivity (Wildman–Crippen MR) is 152 cm³/mol. The molecular formula is C28H35N5O7S. The number of aliphatic hydroxyl groups is 1. The first-order chi connectivity index (χ1) is 19.4. The van der Waals surface area contributed by atoms with Crippen molar-refractivity contribution in [3.63, 3.8) is 0 Å². The number of rotatable bonds is 8. The number of fused-ring (bicyclic) bond motifs is 1. The molecule has 13 heteroatoms. The van der Waals surface area contributed by atoms with Crippen LogP contribution in [-0.2, 0) is 10.0 Å². The molecule has 0 fully saturated rings. The van der Waals surface area contributed by atoms with Crippen LogP contribution in [-0.4, -0.2) is 79.3 Å². The van der Waals surface area contributed by atoms with E-state index in [0.29, 0.717) is 17.1 Å². The Morgan fingerprint density at radius 3 is 2.54 bits per heavy atom. The van der Waals surface area contributed by atoms with Crippen molar-refractivity contribution in [2.24, 2.45) is 5.92 Å². The van der Waals surface area contributed by atoms with Gasteiger partial charge in [-0.05, 0) is 45.0 Å². The lowest BCUT2D eigenvalue weighted by Gasteiger charge is -2.38. The molecule has 0 saturated carbocycles. The van der Waals surface area contributed by atoms with Crippen molar-refractivity contribution in [2.45, 2.75) is 44.7 Å². The maximum atomic E-state index is 13.7. The molecule has 0 unspecified atom stereocenters. The summed E-state index contributed by atoms with van der Waals surface area (Å²) in [7, 11) is -2.41. The second kappa shape index (κ2) is 12.2. The quantitative estimate of drug-likeness (QED) is 0.363. The lowest BCUT2D eigenvalue weighted by molar-refractivity contribution is 0.0373. The van der Waals surface area contributed by atoms with Gasteiger partial charge >= 0.3 is 6.03 Å². The minimum absolute atomic E-state index is 0.0447. The van der Waals surface area contributed by atoms with Crippen LogP contribution in [0, 0.1) is 19.8 Å². The van der Waals surface area contributed by atoms with E-state index in [-0.39, 0.29) is 47.5 Å². The molecule has 1 aromatic heterocycles. The van der Waals surface area contributed by atoms with Crippen molar-refractivity contribution in [3.8, 4) is 5.75 Å². The zero-order valence-electron chi connectivity index (χ0n) is 23.6. The Bertz CT molecular complexity index is 1490. The van der Waals surface area contributed by atoms with E-state index in [2.05, 4.69) is 15.2 Å². The number of amides is 3. The molecule has 0 spiro atoms. The van der Waals surface area contributed by atoms with Gasteiger partial charge in [0.25, 0.3) is 15.9 Å². The lowest BCUT2D eigenvalue weighted by Crippen LogP contribution is -2.50. The van der Waals surface area contributed by atoms with Crippen LogP contribution in [0.15, 0.2) is 57.9 Å². The van der Waals surface area contributed by atoms with Gasteiger partial charge in [-0.25, -0.2) is 13.2 Å². The van der Waals surface area contributed by atoms with E-state index in [1.54, 1.807) is 63.1 Å². The number of aromatic nitrogens is 1. The fraction of sp³-hybridized carbons (Fsp3) is 0.393. The zero-order valence-corrected chi connectivity index (χ0v) is 24.4. The van der Waals surface area contributed by atoms with E-state index in [0.717, 1.165) is 0 Å². The van der Waals surface area contributed by atoms with Gasteiger partial charge in [0.2, 0.25) is 0 Å². The molecule has 0 radical (unpaired) electrons. The van der Waals surface area contributed by atoms with Crippen molar-refractivity contribution in [1.82, 2.24) is 15.0 Å². The van der Waals surface area contributed by atoms with Gasteiger partial charge in [0.1, 0.15) is 17.5 Å². The average molecular weight is 586 g/mol. The lowest BCUT2D eigenvalue weighted by atomic mass is 9.99. The van der Waals surface area contributed by atoms with Gasteiger partial charge in [0, 0.05) is 19.5 Å². The van der Waals surface area contributed by atoms with Crippen LogP contribution in [0.5, 0.6) is 5.75 Å². The number of sulfonamides is 1. The van der Waals surface area contributed by atoms with Crippen molar-refractivity contribution in [3.05, 3.63) is 65.5 Å². The molecule has 3 atom stereocenters. The second-order valence-corrected chi connectivity index (χ2v) is 11.9. The molecule has 1 aliphatic rings. The maximum absolute atomic E-state index is 13.7. The fourth-order valence-electron chi connectivity index (χ4n) is 4.56. The Morgan fingerprint density at radius 2 is 1.90 bits per heavy atom. The number of aliphatic hydroxyl groups excluding tert-OH is 1. The highest BCUT2D eigenvalue weighted by Crippen LogP contribution is 2.36. The summed E-state index contributed by atoms with van der Waals surface area (Å²) >= 11 is 0. The SMILES string of the molecule is Cc1noc(C)c1NC(=O)N(C)C[C@H]1Oc2c(NS(=O)(=O)c3ccccc3)cccc2C(=O)N([C@H](C)CO)C[C@H]1C. The predicted octanol–water partition coefficient (Wildman–Crippen LogP) is 3.48. The smallest absolute Gasteiger partial charge is 0.321 e. The van der Waals surface area contributed by atoms with Crippen LogP contribution in [0.25, 0.3) is 0 Å². The molecule has 0 aliphatic carbocycles. The van der Waals surface area contributed by atoms with Gasteiger partial charge in [-0.1, -0.05) is 36.3 Å². The number of hydrogen-bond acceptors (Lipinski definition) is 8. The third kappa shape index (κ3) is 6.46. The topological polar surface area (TPSA) is 154 Å². The number of ether oxygens (including phenoxy) is 1. The maximum Gasteiger partial charge on any atom is 0.321 e. The molecular weight excluding hydrogens is 550 g/mol. The molecule has 4 rings (SSSR count). The van der Waals surface area contributed by atoms with E-state index in [9.17, 15) is 23.1 Å². The van der Waals surface area contributed by atoms with Gasteiger partial charge in [0.05, 0.1) is 35.3 Å². The summed E-state index contributed by atoms with van der Waals surface area (Å²) in [6.07, 6.45) is -0.655. The first kappa shape index (κ1) is 29.9. The van der Waals surface area contributed by atoms with Crippen LogP contribution >= 0.6 is 0 Å². The van der Waals surface area contributed by atoms with E-state index in [1.165, 1.54) is 23.1 Å². The van der Waals surface area contributed by atoms with Crippen molar-refractivity contribution in [1.29, 1.82) is 0 Å². The molecule has 3 aromatic rings. The van der Waals surface area contributed by atoms with E-state index >= 15 is 0 Å². The summed E-state index contributed by atoms with van der Waals surface area (Å²) in [5, 5.41) is 16.6. The highest BCUT2D eigenvalue weighted by atomic mass is 32.2. The summed E-state index contributed by atoms with van der Waals surface area (Å²) in [6, 6.07) is 11.5. The number of nitrogens with zero attached hydrogens (tertiary/aromatic N) is 3. The first-order valence-corrected chi connectivity index (χ1v) is 14.7. The van der Waals surface area contributed by atoms with Crippen LogP contribution in [0.3, 0.4) is 0 Å². The molecule has 1 aliphatic heterocycles. The molecule has 2 heterocycles. The van der Waals surface area contributed by atoms with Gasteiger partial charge < -0.3 is 29.5 Å². The summed E-state index contributed by atoms with van der Waals surface area (Å²) in [5.41, 5.74) is 1.23. The average Bonchev–Trinajstić information content (AvgIpc) is 3.27. The molecule has 0 bridgehead atoms. The number of carbonyl (C=O) groups excluding carboxylic acids is 2. The van der Waals surface area contributed by atoms with Gasteiger partial charge in [-0.3, -0.25) is 9.52 Å². The highest BCUT2D eigenvalue weighted by molar-refractivity contribution is 7.92. The summed E-state index contributed by atoms with van der Waals surface area (Å²) in [4.78, 5) is 29.8. The van der Waals surface area contributed by atoms with Crippen LogP contribution in [0.4, 0.5) is 16.2 Å². The monoisotopic (exact) mass is 585 g/mol. The molecule has 3 N–H and O–H groups in total. The molecule has 3 amide bonds. The third-order valence-corrected chi connectivity index (χ3v) is 8.44. The molecule has 0 saturated heterocycles. The van der Waals surface area contributed by atoms with Crippen LogP contribution < -0.4 is 14.8 Å². The number of likely N-dealkylation sites (N-methyl/N-ethyl adjacent to an activating group) is 1. The van der Waals surface area contributed by atoms with E-state index in [1.807, 2.05) is 6.92 Å². The number of benzene rings is 2. The van der Waals surface area contributed by atoms with Crippen molar-refractivity contribution in [2.75, 3.05) is 36.8 Å². The van der Waals surface area contributed by atoms with Gasteiger partial charge in [0.15, 0.2) is 11.5 Å². The standard InChI is InChI=1S/C28H35N5O7S/c1-17-14-33(18(2)16-34)27(35)22-12-9-13-23(31-41(37,38)21-10-7-6-8-11-21)26(22)39-24(17)15-32(5)28(36)29-25-19(3)30-40-20(25)4/h6-13,17-18,24,31,34H,14-16H2,1-5H3,(H,29,36)/t17-,18-,24-/m1/s1. The zero-order chi connectivity index (χ0) is 29.9. The number of anilines is 2. The van der Waals surface area contributed by atoms with Crippen molar-refractivity contribution >= 4 is 33.3 Å². The number of nitrogens with one attached hydrogen (secondary N) is 2.